The molecule has 1 aliphatic carbocycles. The van der Waals surface area contributed by atoms with Crippen LogP contribution in [0.1, 0.15) is 34.7 Å². The number of nitrogens with one attached hydrogen (secondary N) is 2. The van der Waals surface area contributed by atoms with Crippen LogP contribution in [0.5, 0.6) is 5.75 Å². The van der Waals surface area contributed by atoms with Gasteiger partial charge in [0.25, 0.3) is 0 Å². The van der Waals surface area contributed by atoms with E-state index >= 15 is 0 Å². The summed E-state index contributed by atoms with van der Waals surface area (Å²) in [6.45, 7) is 4.31. The van der Waals surface area contributed by atoms with Crippen molar-refractivity contribution in [1.29, 1.82) is 0 Å². The predicted octanol–water partition coefficient (Wildman–Crippen LogP) is 5.34. The molecule has 4 rings (SSSR count). The van der Waals surface area contributed by atoms with Crippen molar-refractivity contribution < 1.29 is 14.3 Å². The highest BCUT2D eigenvalue weighted by Gasteiger charge is 2.29. The highest BCUT2D eigenvalue weighted by Crippen LogP contribution is 2.31. The fraction of sp³-hybridized carbons (Fsp3) is 0.240. The van der Waals surface area contributed by atoms with Gasteiger partial charge >= 0.3 is 0 Å². The number of hydrogen-bond donors (Lipinski definition) is 2. The summed E-state index contributed by atoms with van der Waals surface area (Å²) in [5.41, 5.74) is 4.09. The Labute approximate surface area is 191 Å². The Balaban J connectivity index is 1.31. The van der Waals surface area contributed by atoms with Crippen LogP contribution in [-0.2, 0) is 16.2 Å². The number of carbonyl (C=O) groups excluding carboxylic acids is 2. The van der Waals surface area contributed by atoms with Crippen molar-refractivity contribution in [1.82, 2.24) is 4.98 Å². The molecule has 0 spiro atoms. The first kappa shape index (κ1) is 21.8. The molecule has 1 aromatic heterocycles. The summed E-state index contributed by atoms with van der Waals surface area (Å²) in [7, 11) is 0. The van der Waals surface area contributed by atoms with Crippen LogP contribution < -0.4 is 15.4 Å². The van der Waals surface area contributed by atoms with Crippen molar-refractivity contribution in [2.45, 2.75) is 33.3 Å². The lowest BCUT2D eigenvalue weighted by molar-refractivity contribution is -0.117. The molecule has 0 atom stereocenters. The van der Waals surface area contributed by atoms with E-state index in [1.807, 2.05) is 55.6 Å². The standard InChI is InChI=1S/C25H25N3O3S/c1-16-3-9-20(27-25(30)19-7-8-19)13-23(16)28-24(29)12-6-18-4-10-22(11-5-18)31-14-21-15-32-17(2)26-21/h3-6,9-13,15,19H,7-8,14H2,1-2H3,(H,27,30)(H,28,29)/b12-6+. The first-order valence-corrected chi connectivity index (χ1v) is 11.4. The molecule has 0 saturated heterocycles. The van der Waals surface area contributed by atoms with Crippen LogP contribution in [-0.4, -0.2) is 16.8 Å². The lowest BCUT2D eigenvalue weighted by Crippen LogP contribution is -2.14. The van der Waals surface area contributed by atoms with Crippen LogP contribution in [0.4, 0.5) is 11.4 Å². The molecule has 2 aromatic carbocycles. The third-order valence-electron chi connectivity index (χ3n) is 5.07. The van der Waals surface area contributed by atoms with E-state index in [0.717, 1.165) is 40.4 Å². The molecule has 1 aliphatic rings. The summed E-state index contributed by atoms with van der Waals surface area (Å²) in [5.74, 6) is 0.682. The van der Waals surface area contributed by atoms with Crippen LogP contribution in [0.2, 0.25) is 0 Å². The number of aryl methyl sites for hydroxylation is 2. The van der Waals surface area contributed by atoms with Crippen LogP contribution in [0, 0.1) is 19.8 Å². The van der Waals surface area contributed by atoms with Gasteiger partial charge in [-0.15, -0.1) is 11.3 Å². The molecule has 1 fully saturated rings. The Kier molecular flexibility index (Phi) is 6.66. The first-order chi connectivity index (χ1) is 15.5. The van der Waals surface area contributed by atoms with Gasteiger partial charge in [-0.3, -0.25) is 9.59 Å². The summed E-state index contributed by atoms with van der Waals surface area (Å²) in [6, 6.07) is 13.0. The van der Waals surface area contributed by atoms with Crippen molar-refractivity contribution in [3.05, 3.63) is 75.7 Å². The second-order valence-electron chi connectivity index (χ2n) is 7.83. The molecule has 1 saturated carbocycles. The maximum absolute atomic E-state index is 12.4. The minimum Gasteiger partial charge on any atom is -0.487 e. The van der Waals surface area contributed by atoms with Crippen LogP contribution >= 0.6 is 11.3 Å². The van der Waals surface area contributed by atoms with E-state index in [9.17, 15) is 9.59 Å². The minimum atomic E-state index is -0.238. The highest BCUT2D eigenvalue weighted by atomic mass is 32.1. The molecule has 6 nitrogen and oxygen atoms in total. The minimum absolute atomic E-state index is 0.0418. The smallest absolute Gasteiger partial charge is 0.248 e. The summed E-state index contributed by atoms with van der Waals surface area (Å²) >= 11 is 1.60. The van der Waals surface area contributed by atoms with E-state index in [1.165, 1.54) is 6.08 Å². The van der Waals surface area contributed by atoms with E-state index in [2.05, 4.69) is 15.6 Å². The maximum Gasteiger partial charge on any atom is 0.248 e. The summed E-state index contributed by atoms with van der Waals surface area (Å²) in [5, 5.41) is 8.80. The van der Waals surface area contributed by atoms with E-state index in [-0.39, 0.29) is 17.7 Å². The molecule has 2 N–H and O–H groups in total. The molecular formula is C25H25N3O3S. The van der Waals surface area contributed by atoms with E-state index in [0.29, 0.717) is 18.0 Å². The second-order valence-corrected chi connectivity index (χ2v) is 8.89. The Morgan fingerprint density at radius 2 is 1.91 bits per heavy atom. The van der Waals surface area contributed by atoms with Crippen molar-refractivity contribution in [2.24, 2.45) is 5.92 Å². The molecule has 0 aliphatic heterocycles. The third-order valence-corrected chi connectivity index (χ3v) is 5.89. The number of carbonyl (C=O) groups is 2. The molecule has 32 heavy (non-hydrogen) atoms. The zero-order chi connectivity index (χ0) is 22.5. The predicted molar refractivity (Wildman–Crippen MR) is 128 cm³/mol. The normalized spacial score (nSPS) is 13.2. The third kappa shape index (κ3) is 6.04. The quantitative estimate of drug-likeness (QED) is 0.457. The number of aromatic nitrogens is 1. The van der Waals surface area contributed by atoms with Gasteiger partial charge in [0.1, 0.15) is 12.4 Å². The zero-order valence-corrected chi connectivity index (χ0v) is 18.9. The van der Waals surface area contributed by atoms with Crippen LogP contribution in [0.25, 0.3) is 6.08 Å². The Bertz CT molecular complexity index is 1150. The maximum atomic E-state index is 12.4. The summed E-state index contributed by atoms with van der Waals surface area (Å²) in [6.07, 6.45) is 5.13. The Morgan fingerprint density at radius 1 is 1.12 bits per heavy atom. The number of amides is 2. The first-order valence-electron chi connectivity index (χ1n) is 10.5. The SMILES string of the molecule is Cc1nc(COc2ccc(/C=C/C(=O)Nc3cc(NC(=O)C4CC4)ccc3C)cc2)cs1. The lowest BCUT2D eigenvalue weighted by atomic mass is 10.1. The molecule has 0 unspecified atom stereocenters. The number of rotatable bonds is 8. The van der Waals surface area contributed by atoms with E-state index < -0.39 is 0 Å². The number of nitrogens with zero attached hydrogens (tertiary/aromatic N) is 1. The Hall–Kier alpha value is -3.45. The molecule has 3 aromatic rings. The fourth-order valence-electron chi connectivity index (χ4n) is 3.08. The largest absolute Gasteiger partial charge is 0.487 e. The van der Waals surface area contributed by atoms with Crippen LogP contribution in [0.15, 0.2) is 53.9 Å². The molecule has 2 amide bonds. The number of thiazole rings is 1. The number of hydrogen-bond acceptors (Lipinski definition) is 5. The monoisotopic (exact) mass is 447 g/mol. The average molecular weight is 448 g/mol. The van der Waals surface area contributed by atoms with Gasteiger partial charge in [0.15, 0.2) is 0 Å². The fourth-order valence-corrected chi connectivity index (χ4v) is 3.67. The summed E-state index contributed by atoms with van der Waals surface area (Å²) < 4.78 is 5.75. The van der Waals surface area contributed by atoms with Gasteiger partial charge < -0.3 is 15.4 Å². The van der Waals surface area contributed by atoms with Gasteiger partial charge in [-0.25, -0.2) is 4.98 Å². The molecule has 0 radical (unpaired) electrons. The highest BCUT2D eigenvalue weighted by molar-refractivity contribution is 7.09. The second kappa shape index (κ2) is 9.78. The molecule has 1 heterocycles. The molecule has 0 bridgehead atoms. The molecule has 7 heteroatoms. The average Bonchev–Trinajstić information content (AvgIpc) is 3.55. The van der Waals surface area contributed by atoms with Gasteiger partial charge in [0, 0.05) is 28.7 Å². The summed E-state index contributed by atoms with van der Waals surface area (Å²) in [4.78, 5) is 28.8. The van der Waals surface area contributed by atoms with Crippen molar-refractivity contribution in [2.75, 3.05) is 10.6 Å². The number of benzene rings is 2. The van der Waals surface area contributed by atoms with E-state index in [4.69, 9.17) is 4.74 Å². The van der Waals surface area contributed by atoms with Gasteiger partial charge in [-0.1, -0.05) is 18.2 Å². The van der Waals surface area contributed by atoms with Crippen LogP contribution in [0.3, 0.4) is 0 Å². The van der Waals surface area contributed by atoms with Gasteiger partial charge in [0.05, 0.1) is 10.7 Å². The van der Waals surface area contributed by atoms with Gasteiger partial charge in [-0.05, 0) is 68.2 Å². The van der Waals surface area contributed by atoms with E-state index in [1.54, 1.807) is 23.5 Å². The van der Waals surface area contributed by atoms with Gasteiger partial charge in [0.2, 0.25) is 11.8 Å². The van der Waals surface area contributed by atoms with Gasteiger partial charge in [-0.2, -0.15) is 0 Å². The zero-order valence-electron chi connectivity index (χ0n) is 18.1. The topological polar surface area (TPSA) is 80.3 Å². The van der Waals surface area contributed by atoms with Crippen molar-refractivity contribution in [3.8, 4) is 5.75 Å². The van der Waals surface area contributed by atoms with Crippen molar-refractivity contribution >= 4 is 40.6 Å². The number of anilines is 2. The van der Waals surface area contributed by atoms with Crippen molar-refractivity contribution in [3.63, 3.8) is 0 Å². The molecule has 164 valence electrons. The number of ether oxygens (including phenoxy) is 1. The lowest BCUT2D eigenvalue weighted by Gasteiger charge is -2.10. The Morgan fingerprint density at radius 3 is 2.59 bits per heavy atom. The molecular weight excluding hydrogens is 422 g/mol.